The Balaban J connectivity index is 1.94. The number of likely N-dealkylation sites (N-methyl/N-ethyl adjacent to an activating group) is 1. The van der Waals surface area contributed by atoms with Gasteiger partial charge in [0.25, 0.3) is 0 Å². The lowest BCUT2D eigenvalue weighted by Gasteiger charge is -2.45. The molecule has 0 radical (unpaired) electrons. The molecule has 0 aliphatic carbocycles. The summed E-state index contributed by atoms with van der Waals surface area (Å²) in [5, 5.41) is 3.49. The maximum absolute atomic E-state index is 3.49. The first-order valence-corrected chi connectivity index (χ1v) is 8.10. The van der Waals surface area contributed by atoms with Crippen molar-refractivity contribution in [3.8, 4) is 0 Å². The molecule has 0 saturated carbocycles. The van der Waals surface area contributed by atoms with Crippen LogP contribution in [0.25, 0.3) is 0 Å². The fourth-order valence-corrected chi connectivity index (χ4v) is 3.28. The number of nitrogens with one attached hydrogen (secondary N) is 1. The SMILES string of the molecule is CNC(CCN1CCN(C)C(C)(C)C1)c1ccccc1C. The Hall–Kier alpha value is -0.900. The number of benzene rings is 1. The Bertz CT molecular complexity index is 456. The largest absolute Gasteiger partial charge is 0.313 e. The van der Waals surface area contributed by atoms with Gasteiger partial charge in [-0.2, -0.15) is 0 Å². The number of nitrogens with zero attached hydrogens (tertiary/aromatic N) is 2. The highest BCUT2D eigenvalue weighted by Gasteiger charge is 2.30. The highest BCUT2D eigenvalue weighted by atomic mass is 15.3. The molecule has 2 rings (SSSR count). The van der Waals surface area contributed by atoms with Crippen molar-refractivity contribution in [1.82, 2.24) is 15.1 Å². The quantitative estimate of drug-likeness (QED) is 0.899. The predicted octanol–water partition coefficient (Wildman–Crippen LogP) is 2.67. The Morgan fingerprint density at radius 3 is 2.57 bits per heavy atom. The first kappa shape index (κ1) is 16.5. The third-order valence-electron chi connectivity index (χ3n) is 5.04. The van der Waals surface area contributed by atoms with E-state index >= 15 is 0 Å². The molecule has 3 heteroatoms. The van der Waals surface area contributed by atoms with Crippen molar-refractivity contribution in [3.63, 3.8) is 0 Å². The van der Waals surface area contributed by atoms with Gasteiger partial charge in [-0.3, -0.25) is 4.90 Å². The highest BCUT2D eigenvalue weighted by Crippen LogP contribution is 2.23. The molecule has 21 heavy (non-hydrogen) atoms. The fraction of sp³-hybridized carbons (Fsp3) is 0.667. The lowest BCUT2D eigenvalue weighted by molar-refractivity contribution is 0.0382. The summed E-state index contributed by atoms with van der Waals surface area (Å²) in [5.74, 6) is 0. The van der Waals surface area contributed by atoms with Gasteiger partial charge < -0.3 is 10.2 Å². The third-order valence-corrected chi connectivity index (χ3v) is 5.04. The molecule has 1 N–H and O–H groups in total. The van der Waals surface area contributed by atoms with Crippen LogP contribution >= 0.6 is 0 Å². The lowest BCUT2D eigenvalue weighted by Crippen LogP contribution is -2.57. The van der Waals surface area contributed by atoms with Crippen LogP contribution in [0.4, 0.5) is 0 Å². The minimum atomic E-state index is 0.288. The summed E-state index contributed by atoms with van der Waals surface area (Å²) in [6.45, 7) is 11.6. The zero-order valence-corrected chi connectivity index (χ0v) is 14.3. The van der Waals surface area contributed by atoms with E-state index in [0.29, 0.717) is 6.04 Å². The van der Waals surface area contributed by atoms with Crippen molar-refractivity contribution < 1.29 is 0 Å². The van der Waals surface area contributed by atoms with Crippen LogP contribution < -0.4 is 5.32 Å². The average molecular weight is 289 g/mol. The molecule has 1 fully saturated rings. The van der Waals surface area contributed by atoms with Gasteiger partial charge in [-0.15, -0.1) is 0 Å². The summed E-state index contributed by atoms with van der Waals surface area (Å²) in [7, 11) is 4.31. The Labute approximate surface area is 130 Å². The van der Waals surface area contributed by atoms with E-state index in [1.54, 1.807) is 0 Å². The van der Waals surface area contributed by atoms with Crippen LogP contribution in [0.15, 0.2) is 24.3 Å². The molecule has 1 saturated heterocycles. The minimum absolute atomic E-state index is 0.288. The molecule has 1 aliphatic rings. The number of rotatable bonds is 5. The predicted molar refractivity (Wildman–Crippen MR) is 90.7 cm³/mol. The van der Waals surface area contributed by atoms with Crippen molar-refractivity contribution >= 4 is 0 Å². The molecule has 0 amide bonds. The summed E-state index contributed by atoms with van der Waals surface area (Å²) in [5.41, 5.74) is 3.11. The number of hydrogen-bond donors (Lipinski definition) is 1. The van der Waals surface area contributed by atoms with E-state index in [2.05, 4.69) is 74.2 Å². The number of piperazine rings is 1. The maximum atomic E-state index is 3.49. The second-order valence-corrected chi connectivity index (χ2v) is 7.00. The van der Waals surface area contributed by atoms with E-state index in [9.17, 15) is 0 Å². The summed E-state index contributed by atoms with van der Waals surface area (Å²) >= 11 is 0. The Morgan fingerprint density at radius 2 is 1.95 bits per heavy atom. The van der Waals surface area contributed by atoms with E-state index in [1.807, 2.05) is 0 Å². The van der Waals surface area contributed by atoms with Crippen molar-refractivity contribution in [2.45, 2.75) is 38.8 Å². The van der Waals surface area contributed by atoms with Crippen LogP contribution in [0.1, 0.15) is 37.4 Å². The molecule has 1 atom stereocenters. The second-order valence-electron chi connectivity index (χ2n) is 7.00. The van der Waals surface area contributed by atoms with E-state index in [4.69, 9.17) is 0 Å². The van der Waals surface area contributed by atoms with Crippen LogP contribution in [-0.4, -0.2) is 55.6 Å². The Morgan fingerprint density at radius 1 is 1.24 bits per heavy atom. The van der Waals surface area contributed by atoms with Crippen LogP contribution in [0, 0.1) is 6.92 Å². The Kier molecular flexibility index (Phi) is 5.42. The minimum Gasteiger partial charge on any atom is -0.313 e. The van der Waals surface area contributed by atoms with Crippen LogP contribution in [0.3, 0.4) is 0 Å². The second kappa shape index (κ2) is 6.91. The summed E-state index contributed by atoms with van der Waals surface area (Å²) in [6.07, 6.45) is 1.17. The topological polar surface area (TPSA) is 18.5 Å². The molecule has 1 aromatic rings. The third kappa shape index (κ3) is 4.06. The zero-order valence-electron chi connectivity index (χ0n) is 14.3. The van der Waals surface area contributed by atoms with E-state index < -0.39 is 0 Å². The molecule has 0 bridgehead atoms. The first-order valence-electron chi connectivity index (χ1n) is 8.10. The van der Waals surface area contributed by atoms with E-state index in [0.717, 1.165) is 13.1 Å². The van der Waals surface area contributed by atoms with Crippen molar-refractivity contribution in [1.29, 1.82) is 0 Å². The molecule has 3 nitrogen and oxygen atoms in total. The highest BCUT2D eigenvalue weighted by molar-refractivity contribution is 5.28. The molecule has 0 spiro atoms. The first-order chi connectivity index (χ1) is 9.94. The summed E-state index contributed by atoms with van der Waals surface area (Å²) in [4.78, 5) is 5.09. The van der Waals surface area contributed by atoms with E-state index in [1.165, 1.54) is 30.6 Å². The summed E-state index contributed by atoms with van der Waals surface area (Å²) in [6, 6.07) is 9.18. The normalized spacial score (nSPS) is 21.4. The van der Waals surface area contributed by atoms with Gasteiger partial charge in [-0.05, 0) is 52.4 Å². The lowest BCUT2D eigenvalue weighted by atomic mass is 9.97. The van der Waals surface area contributed by atoms with Crippen molar-refractivity contribution in [2.75, 3.05) is 40.3 Å². The molecule has 1 aromatic carbocycles. The average Bonchev–Trinajstić information content (AvgIpc) is 2.45. The zero-order chi connectivity index (χ0) is 15.5. The molecular weight excluding hydrogens is 258 g/mol. The molecule has 118 valence electrons. The van der Waals surface area contributed by atoms with Crippen molar-refractivity contribution in [3.05, 3.63) is 35.4 Å². The van der Waals surface area contributed by atoms with Gasteiger partial charge in [0.15, 0.2) is 0 Å². The molecule has 1 unspecified atom stereocenters. The number of aryl methyl sites for hydroxylation is 1. The monoisotopic (exact) mass is 289 g/mol. The molecule has 1 heterocycles. The smallest absolute Gasteiger partial charge is 0.0332 e. The molecular formula is C18H31N3. The van der Waals surface area contributed by atoms with Gasteiger partial charge >= 0.3 is 0 Å². The van der Waals surface area contributed by atoms with E-state index in [-0.39, 0.29) is 5.54 Å². The molecule has 1 aliphatic heterocycles. The molecule has 0 aromatic heterocycles. The van der Waals surface area contributed by atoms with Crippen LogP contribution in [0.5, 0.6) is 0 Å². The van der Waals surface area contributed by atoms with Crippen LogP contribution in [0.2, 0.25) is 0 Å². The number of hydrogen-bond acceptors (Lipinski definition) is 3. The summed E-state index contributed by atoms with van der Waals surface area (Å²) < 4.78 is 0. The van der Waals surface area contributed by atoms with Crippen LogP contribution in [-0.2, 0) is 0 Å². The fourth-order valence-electron chi connectivity index (χ4n) is 3.28. The van der Waals surface area contributed by atoms with Gasteiger partial charge in [-0.25, -0.2) is 0 Å². The van der Waals surface area contributed by atoms with Gasteiger partial charge in [0.1, 0.15) is 0 Å². The van der Waals surface area contributed by atoms with Gasteiger partial charge in [0.2, 0.25) is 0 Å². The standard InChI is InChI=1S/C18H31N3/c1-15-8-6-7-9-16(15)17(19-4)10-11-21-13-12-20(5)18(2,3)14-21/h6-9,17,19H,10-14H2,1-5H3. The van der Waals surface area contributed by atoms with Crippen molar-refractivity contribution in [2.24, 2.45) is 0 Å². The maximum Gasteiger partial charge on any atom is 0.0332 e. The van der Waals surface area contributed by atoms with Gasteiger partial charge in [0, 0.05) is 37.8 Å². The van der Waals surface area contributed by atoms with Gasteiger partial charge in [-0.1, -0.05) is 24.3 Å². The van der Waals surface area contributed by atoms with Gasteiger partial charge in [0.05, 0.1) is 0 Å².